The molecule has 2 atom stereocenters. The third-order valence-electron chi connectivity index (χ3n) is 11.4. The Balaban J connectivity index is 1.40. The lowest BCUT2D eigenvalue weighted by Crippen LogP contribution is -2.59. The van der Waals surface area contributed by atoms with E-state index in [-0.39, 0.29) is 23.3 Å². The van der Waals surface area contributed by atoms with Crippen molar-refractivity contribution in [3.05, 3.63) is 93.2 Å². The average molecular weight is 747 g/mol. The van der Waals surface area contributed by atoms with E-state index in [2.05, 4.69) is 39.9 Å². The van der Waals surface area contributed by atoms with Gasteiger partial charge in [0.05, 0.1) is 12.2 Å². The highest BCUT2D eigenvalue weighted by atomic mass is 35.5. The Hall–Kier alpha value is -3.62. The number of urea groups is 1. The normalized spacial score (nSPS) is 23.0. The molecule has 8 nitrogen and oxygen atoms in total. The summed E-state index contributed by atoms with van der Waals surface area (Å²) in [6.45, 7) is 14.0. The summed E-state index contributed by atoms with van der Waals surface area (Å²) >= 11 is 12.8. The van der Waals surface area contributed by atoms with E-state index < -0.39 is 11.1 Å². The topological polar surface area (TPSA) is 87.1 Å². The number of pyridine rings is 1. The zero-order valence-electron chi connectivity index (χ0n) is 31.5. The molecule has 1 N–H and O–H groups in total. The predicted octanol–water partition coefficient (Wildman–Crippen LogP) is 9.65. The van der Waals surface area contributed by atoms with Crippen LogP contribution in [0.3, 0.4) is 0 Å². The van der Waals surface area contributed by atoms with Gasteiger partial charge in [-0.1, -0.05) is 87.5 Å². The second kappa shape index (κ2) is 15.4. The molecule has 0 spiro atoms. The lowest BCUT2D eigenvalue weighted by Gasteiger charge is -2.47. The van der Waals surface area contributed by atoms with Gasteiger partial charge in [0.1, 0.15) is 22.7 Å². The molecule has 3 aliphatic rings. The Morgan fingerprint density at radius 3 is 2.08 bits per heavy atom. The van der Waals surface area contributed by atoms with Crippen LogP contribution < -0.4 is 10.1 Å². The van der Waals surface area contributed by atoms with Crippen molar-refractivity contribution in [3.8, 4) is 5.75 Å². The fourth-order valence-electron chi connectivity index (χ4n) is 8.12. The molecular weight excluding hydrogens is 693 g/mol. The van der Waals surface area contributed by atoms with Crippen LogP contribution in [0.5, 0.6) is 5.75 Å². The van der Waals surface area contributed by atoms with E-state index in [1.165, 1.54) is 19.3 Å². The molecule has 6 rings (SSSR count). The van der Waals surface area contributed by atoms with Crippen molar-refractivity contribution in [2.75, 3.05) is 19.7 Å². The number of carbonyl (C=O) groups excluding carboxylic acids is 2. The van der Waals surface area contributed by atoms with E-state index in [1.807, 2.05) is 71.3 Å². The monoisotopic (exact) mass is 745 g/mol. The van der Waals surface area contributed by atoms with Crippen LogP contribution in [0, 0.1) is 5.92 Å². The first-order valence-corrected chi connectivity index (χ1v) is 19.6. The fraction of sp³-hybridized carbons (Fsp3) is 0.524. The second-order valence-corrected chi connectivity index (χ2v) is 16.9. The summed E-state index contributed by atoms with van der Waals surface area (Å²) in [5.74, 6) is 1.47. The van der Waals surface area contributed by atoms with Gasteiger partial charge in [0.25, 0.3) is 0 Å². The number of carbonyl (C=O) groups is 2. The first-order chi connectivity index (χ1) is 24.7. The predicted molar refractivity (Wildman–Crippen MR) is 209 cm³/mol. The van der Waals surface area contributed by atoms with Crippen molar-refractivity contribution >= 4 is 41.0 Å². The summed E-state index contributed by atoms with van der Waals surface area (Å²) in [6, 6.07) is 17.5. The molecule has 278 valence electrons. The number of amidine groups is 1. The Kier molecular flexibility index (Phi) is 11.3. The smallest absolute Gasteiger partial charge is 0.326 e. The van der Waals surface area contributed by atoms with Gasteiger partial charge in [0.15, 0.2) is 0 Å². The average Bonchev–Trinajstić information content (AvgIpc) is 3.36. The van der Waals surface area contributed by atoms with Gasteiger partial charge >= 0.3 is 6.03 Å². The highest BCUT2D eigenvalue weighted by Gasteiger charge is 2.60. The fourth-order valence-corrected chi connectivity index (χ4v) is 8.37. The molecule has 1 saturated carbocycles. The number of piperidine rings is 1. The summed E-state index contributed by atoms with van der Waals surface area (Å²) in [6.07, 6.45) is 9.56. The second-order valence-electron chi connectivity index (χ2n) is 16.0. The van der Waals surface area contributed by atoms with Crippen LogP contribution >= 0.6 is 23.2 Å². The highest BCUT2D eigenvalue weighted by molar-refractivity contribution is 6.30. The third kappa shape index (κ3) is 7.56. The zero-order chi connectivity index (χ0) is 37.3. The number of likely N-dealkylation sites (tertiary alicyclic amines) is 1. The number of hydrogen-bond donors (Lipinski definition) is 1. The Bertz CT molecular complexity index is 1780. The van der Waals surface area contributed by atoms with Crippen LogP contribution in [0.2, 0.25) is 10.0 Å². The molecule has 1 aliphatic carbocycles. The van der Waals surface area contributed by atoms with Crippen molar-refractivity contribution in [1.29, 1.82) is 0 Å². The Morgan fingerprint density at radius 1 is 0.904 bits per heavy atom. The van der Waals surface area contributed by atoms with Crippen LogP contribution in [0.1, 0.15) is 115 Å². The molecule has 0 bridgehead atoms. The van der Waals surface area contributed by atoms with Gasteiger partial charge in [0, 0.05) is 59.0 Å². The summed E-state index contributed by atoms with van der Waals surface area (Å²) in [5.41, 5.74) is 1.13. The lowest BCUT2D eigenvalue weighted by atomic mass is 9.71. The number of ether oxygens (including phenoxy) is 1. The first kappa shape index (κ1) is 38.1. The minimum Gasteiger partial charge on any atom is -0.493 e. The number of benzene rings is 2. The maximum Gasteiger partial charge on any atom is 0.326 e. The van der Waals surface area contributed by atoms with Gasteiger partial charge in [-0.05, 0) is 87.8 Å². The van der Waals surface area contributed by atoms with Gasteiger partial charge < -0.3 is 15.0 Å². The molecule has 0 unspecified atom stereocenters. The third-order valence-corrected chi connectivity index (χ3v) is 11.9. The molecule has 52 heavy (non-hydrogen) atoms. The number of nitrogens with zero attached hydrogens (tertiary/aromatic N) is 4. The molecular formula is C42H53Cl2N5O3. The van der Waals surface area contributed by atoms with E-state index >= 15 is 4.79 Å². The maximum atomic E-state index is 15.3. The minimum absolute atomic E-state index is 0.134. The van der Waals surface area contributed by atoms with Crippen LogP contribution in [0.15, 0.2) is 65.8 Å². The van der Waals surface area contributed by atoms with E-state index in [1.54, 1.807) is 6.20 Å². The van der Waals surface area contributed by atoms with Crippen LogP contribution in [0.25, 0.3) is 0 Å². The molecule has 1 aromatic heterocycles. The molecule has 3 aromatic rings. The van der Waals surface area contributed by atoms with Crippen molar-refractivity contribution < 1.29 is 14.3 Å². The number of nitrogens with one attached hydrogen (secondary N) is 1. The number of rotatable bonds is 8. The maximum absolute atomic E-state index is 15.3. The van der Waals surface area contributed by atoms with E-state index in [0.717, 1.165) is 42.5 Å². The number of aromatic nitrogens is 1. The standard InChI is InChI=1S/C42H53Cl2N5O3/c1-7-52-35-26-36(40(2,3)4)45-27-34(35)38-47-41(5,29-13-17-31(43)18-14-29)42(6,30-15-19-32(44)20-16-30)49(38)39(51)48-23-21-28(22-24-48)25-37(50)46-33-11-9-8-10-12-33/h13-20,26-28,33H,7-12,21-25H2,1-6H3,(H,46,50)/t41-,42+/m0/s1. The lowest BCUT2D eigenvalue weighted by molar-refractivity contribution is -0.123. The first-order valence-electron chi connectivity index (χ1n) is 18.9. The SMILES string of the molecule is CCOc1cc(C(C)(C)C)ncc1C1=N[C@@](C)(c2ccc(Cl)cc2)[C@@](C)(c2ccc(Cl)cc2)N1C(=O)N1CCC(CC(=O)NC2CCCCC2)CC1. The molecule has 0 radical (unpaired) electrons. The van der Waals surface area contributed by atoms with E-state index in [4.69, 9.17) is 37.9 Å². The summed E-state index contributed by atoms with van der Waals surface area (Å²) in [5, 5.41) is 4.50. The van der Waals surface area contributed by atoms with Crippen molar-refractivity contribution in [2.45, 2.75) is 115 Å². The Labute approximate surface area is 319 Å². The molecule has 2 aromatic carbocycles. The minimum atomic E-state index is -1.01. The van der Waals surface area contributed by atoms with Crippen LogP contribution in [-0.2, 0) is 21.3 Å². The van der Waals surface area contributed by atoms with Gasteiger partial charge in [-0.25, -0.2) is 4.79 Å². The van der Waals surface area contributed by atoms with E-state index in [9.17, 15) is 4.79 Å². The number of amides is 3. The van der Waals surface area contributed by atoms with Crippen molar-refractivity contribution in [2.24, 2.45) is 10.9 Å². The summed E-state index contributed by atoms with van der Waals surface area (Å²) < 4.78 is 6.30. The Morgan fingerprint density at radius 2 is 1.50 bits per heavy atom. The molecule has 3 amide bonds. The zero-order valence-corrected chi connectivity index (χ0v) is 33.0. The van der Waals surface area contributed by atoms with Crippen molar-refractivity contribution in [1.82, 2.24) is 20.1 Å². The number of hydrogen-bond acceptors (Lipinski definition) is 5. The van der Waals surface area contributed by atoms with Crippen molar-refractivity contribution in [3.63, 3.8) is 0 Å². The van der Waals surface area contributed by atoms with Crippen LogP contribution in [-0.4, -0.2) is 58.3 Å². The highest BCUT2D eigenvalue weighted by Crippen LogP contribution is 2.54. The van der Waals surface area contributed by atoms with Gasteiger partial charge in [-0.2, -0.15) is 0 Å². The number of aliphatic imine (C=N–C) groups is 1. The van der Waals surface area contributed by atoms with Crippen LogP contribution in [0.4, 0.5) is 4.79 Å². The van der Waals surface area contributed by atoms with Gasteiger partial charge in [-0.15, -0.1) is 0 Å². The summed E-state index contributed by atoms with van der Waals surface area (Å²) in [4.78, 5) is 42.5. The molecule has 2 aliphatic heterocycles. The number of halogens is 2. The molecule has 3 heterocycles. The molecule has 2 fully saturated rings. The molecule has 1 saturated heterocycles. The van der Waals surface area contributed by atoms with E-state index in [0.29, 0.717) is 59.4 Å². The molecule has 10 heteroatoms. The quantitative estimate of drug-likeness (QED) is 0.249. The summed E-state index contributed by atoms with van der Waals surface area (Å²) in [7, 11) is 0. The van der Waals surface area contributed by atoms with Gasteiger partial charge in [0.2, 0.25) is 5.91 Å². The van der Waals surface area contributed by atoms with Gasteiger partial charge in [-0.3, -0.25) is 19.7 Å². The largest absolute Gasteiger partial charge is 0.493 e.